The van der Waals surface area contributed by atoms with E-state index in [9.17, 15) is 14.7 Å². The lowest BCUT2D eigenvalue weighted by molar-refractivity contribution is -0.0424. The third-order valence-corrected chi connectivity index (χ3v) is 8.37. The number of fused-ring (bicyclic) bond motifs is 1. The van der Waals surface area contributed by atoms with Crippen LogP contribution in [-0.2, 0) is 9.47 Å². The molecule has 3 heterocycles. The molecule has 11 nitrogen and oxygen atoms in total. The molecule has 2 unspecified atom stereocenters. The van der Waals surface area contributed by atoms with Gasteiger partial charge in [0.25, 0.3) is 0 Å². The minimum Gasteiger partial charge on any atom is -0.454 e. The smallest absolute Gasteiger partial charge is 0.338 e. The number of carbonyl (C=O) groups excluding carboxylic acids is 2. The number of aliphatic hydroxyl groups is 1. The summed E-state index contributed by atoms with van der Waals surface area (Å²) < 4.78 is 13.6. The number of ether oxygens (including phenoxy) is 2. The minimum absolute atomic E-state index is 0.196. The molecule has 0 radical (unpaired) electrons. The summed E-state index contributed by atoms with van der Waals surface area (Å²) in [5, 5.41) is 18.8. The fourth-order valence-electron chi connectivity index (χ4n) is 5.85. The molecule has 0 spiro atoms. The predicted molar refractivity (Wildman–Crippen MR) is 178 cm³/mol. The molecule has 1 aliphatic carbocycles. The Morgan fingerprint density at radius 1 is 0.792 bits per heavy atom. The van der Waals surface area contributed by atoms with Crippen LogP contribution in [0.3, 0.4) is 0 Å². The summed E-state index contributed by atoms with van der Waals surface area (Å²) >= 11 is 6.48. The van der Waals surface area contributed by atoms with Crippen LogP contribution >= 0.6 is 11.6 Å². The largest absolute Gasteiger partial charge is 0.454 e. The number of esters is 2. The van der Waals surface area contributed by atoms with Gasteiger partial charge in [-0.05, 0) is 30.7 Å². The van der Waals surface area contributed by atoms with Crippen molar-refractivity contribution in [1.82, 2.24) is 24.6 Å². The highest BCUT2D eigenvalue weighted by Gasteiger charge is 2.48. The first-order valence-corrected chi connectivity index (χ1v) is 15.7. The van der Waals surface area contributed by atoms with Crippen LogP contribution in [0.25, 0.3) is 28.3 Å². The van der Waals surface area contributed by atoms with Crippen molar-refractivity contribution >= 4 is 35.0 Å². The highest BCUT2D eigenvalue weighted by Crippen LogP contribution is 2.35. The first-order valence-electron chi connectivity index (χ1n) is 15.3. The second kappa shape index (κ2) is 13.6. The average molecular weight is 661 g/mol. The zero-order valence-corrected chi connectivity index (χ0v) is 26.1. The Bertz CT molecular complexity index is 2060. The summed E-state index contributed by atoms with van der Waals surface area (Å²) in [4.78, 5) is 40.1. The van der Waals surface area contributed by atoms with Crippen LogP contribution in [0.2, 0.25) is 5.15 Å². The fourth-order valence-corrected chi connectivity index (χ4v) is 6.04. The SMILES string of the molecule is O=C(OC1C(Nc2cc(Cl)nc3cc(-c4cncc(-c5ccccc5)n4)nn23)C[C@H](CO)[C@H]1OC(=O)c1ccccc1)c1ccccc1. The number of hydrogen-bond acceptors (Lipinski definition) is 10. The van der Waals surface area contributed by atoms with E-state index < -0.39 is 36.1 Å². The van der Waals surface area contributed by atoms with Crippen LogP contribution in [0.5, 0.6) is 0 Å². The second-order valence-electron chi connectivity index (χ2n) is 11.3. The van der Waals surface area contributed by atoms with Crippen LogP contribution < -0.4 is 5.32 Å². The molecule has 1 fully saturated rings. The molecular formula is C36H29ClN6O5. The van der Waals surface area contributed by atoms with E-state index in [-0.39, 0.29) is 11.8 Å². The van der Waals surface area contributed by atoms with Crippen molar-refractivity contribution in [2.45, 2.75) is 24.7 Å². The van der Waals surface area contributed by atoms with Gasteiger partial charge in [0.05, 0.1) is 35.3 Å². The fraction of sp³-hybridized carbons (Fsp3) is 0.167. The summed E-state index contributed by atoms with van der Waals surface area (Å²) in [6.07, 6.45) is 1.68. The molecule has 3 aromatic heterocycles. The van der Waals surface area contributed by atoms with E-state index in [2.05, 4.69) is 15.3 Å². The van der Waals surface area contributed by atoms with Crippen LogP contribution in [0.1, 0.15) is 27.1 Å². The molecule has 0 bridgehead atoms. The van der Waals surface area contributed by atoms with E-state index in [0.717, 1.165) is 5.56 Å². The molecule has 0 aliphatic heterocycles. The highest BCUT2D eigenvalue weighted by molar-refractivity contribution is 6.29. The Labute approximate surface area is 280 Å². The van der Waals surface area contributed by atoms with Gasteiger partial charge in [-0.25, -0.2) is 19.6 Å². The Morgan fingerprint density at radius 2 is 1.40 bits per heavy atom. The van der Waals surface area contributed by atoms with Gasteiger partial charge in [-0.2, -0.15) is 9.61 Å². The molecule has 6 aromatic rings. The zero-order valence-electron chi connectivity index (χ0n) is 25.4. The van der Waals surface area contributed by atoms with Crippen molar-refractivity contribution in [2.24, 2.45) is 5.92 Å². The van der Waals surface area contributed by atoms with Gasteiger partial charge in [0.2, 0.25) is 0 Å². The first-order chi connectivity index (χ1) is 23.5. The number of rotatable bonds is 9. The topological polar surface area (TPSA) is 141 Å². The van der Waals surface area contributed by atoms with Gasteiger partial charge in [0.15, 0.2) is 11.8 Å². The van der Waals surface area contributed by atoms with E-state index in [1.807, 2.05) is 30.3 Å². The molecule has 48 heavy (non-hydrogen) atoms. The quantitative estimate of drug-likeness (QED) is 0.145. The monoisotopic (exact) mass is 660 g/mol. The molecule has 4 atom stereocenters. The summed E-state index contributed by atoms with van der Waals surface area (Å²) in [5.41, 5.74) is 3.76. The second-order valence-corrected chi connectivity index (χ2v) is 11.7. The van der Waals surface area contributed by atoms with E-state index in [4.69, 9.17) is 31.2 Å². The van der Waals surface area contributed by atoms with Gasteiger partial charge in [0.1, 0.15) is 28.5 Å². The van der Waals surface area contributed by atoms with Crippen molar-refractivity contribution in [3.63, 3.8) is 0 Å². The van der Waals surface area contributed by atoms with Crippen molar-refractivity contribution in [2.75, 3.05) is 11.9 Å². The standard InChI is InChI=1S/C36H29ClN6O5/c37-30-18-32(43-31(41-30)17-26(42-43)29-20-38-19-28(39-29)22-10-4-1-5-11-22)40-27-16-25(21-44)33(47-35(45)23-12-6-2-7-13-23)34(27)48-36(46)24-14-8-3-9-15-24/h1-15,17-20,25,27,33-34,40,44H,16,21H2/t25-,27?,33-,34?/m1/s1. The molecule has 2 N–H and O–H groups in total. The predicted octanol–water partition coefficient (Wildman–Crippen LogP) is 5.75. The maximum absolute atomic E-state index is 13.3. The molecule has 0 saturated heterocycles. The number of nitrogens with zero attached hydrogens (tertiary/aromatic N) is 5. The molecular weight excluding hydrogens is 632 g/mol. The summed E-state index contributed by atoms with van der Waals surface area (Å²) in [5.74, 6) is -1.28. The van der Waals surface area contributed by atoms with E-state index >= 15 is 0 Å². The van der Waals surface area contributed by atoms with E-state index in [1.54, 1.807) is 89.7 Å². The molecule has 1 aliphatic rings. The average Bonchev–Trinajstić information content (AvgIpc) is 3.70. The summed E-state index contributed by atoms with van der Waals surface area (Å²) in [6.45, 7) is -0.306. The lowest BCUT2D eigenvalue weighted by Gasteiger charge is -2.27. The van der Waals surface area contributed by atoms with Gasteiger partial charge >= 0.3 is 11.9 Å². The van der Waals surface area contributed by atoms with Crippen molar-refractivity contribution in [3.05, 3.63) is 132 Å². The van der Waals surface area contributed by atoms with Gasteiger partial charge in [-0.3, -0.25) is 4.98 Å². The highest BCUT2D eigenvalue weighted by atomic mass is 35.5. The molecule has 7 rings (SSSR count). The molecule has 0 amide bonds. The third kappa shape index (κ3) is 6.46. The number of aromatic nitrogens is 5. The molecule has 3 aromatic carbocycles. The van der Waals surface area contributed by atoms with Crippen molar-refractivity contribution in [1.29, 1.82) is 0 Å². The Morgan fingerprint density at radius 3 is 2.04 bits per heavy atom. The van der Waals surface area contributed by atoms with E-state index in [1.165, 1.54) is 0 Å². The lowest BCUT2D eigenvalue weighted by Crippen LogP contribution is -2.42. The zero-order chi connectivity index (χ0) is 33.0. The number of hydrogen-bond donors (Lipinski definition) is 2. The van der Waals surface area contributed by atoms with E-state index in [0.29, 0.717) is 46.1 Å². The molecule has 240 valence electrons. The maximum Gasteiger partial charge on any atom is 0.338 e. The van der Waals surface area contributed by atoms with Crippen molar-refractivity contribution < 1.29 is 24.2 Å². The van der Waals surface area contributed by atoms with Crippen LogP contribution in [0.15, 0.2) is 116 Å². The molecule has 12 heteroatoms. The van der Waals surface area contributed by atoms with Gasteiger partial charge in [-0.15, -0.1) is 0 Å². The Kier molecular flexibility index (Phi) is 8.78. The number of nitrogens with one attached hydrogen (secondary N) is 1. The van der Waals surface area contributed by atoms with Crippen LogP contribution in [0, 0.1) is 5.92 Å². The maximum atomic E-state index is 13.3. The van der Waals surface area contributed by atoms with Gasteiger partial charge in [-0.1, -0.05) is 78.3 Å². The number of carbonyl (C=O) groups is 2. The minimum atomic E-state index is -0.979. The summed E-state index contributed by atoms with van der Waals surface area (Å²) in [7, 11) is 0. The van der Waals surface area contributed by atoms with Gasteiger partial charge < -0.3 is 19.9 Å². The Hall–Kier alpha value is -5.65. The van der Waals surface area contributed by atoms with Crippen molar-refractivity contribution in [3.8, 4) is 22.6 Å². The number of halogens is 1. The van der Waals surface area contributed by atoms with Crippen LogP contribution in [0.4, 0.5) is 5.82 Å². The Balaban J connectivity index is 1.22. The lowest BCUT2D eigenvalue weighted by atomic mass is 10.1. The first kappa shape index (κ1) is 31.0. The third-order valence-electron chi connectivity index (χ3n) is 8.18. The normalized spacial score (nSPS) is 18.8. The number of anilines is 1. The number of aliphatic hydroxyl groups excluding tert-OH is 1. The van der Waals surface area contributed by atoms with Gasteiger partial charge in [0, 0.05) is 30.2 Å². The number of benzene rings is 3. The summed E-state index contributed by atoms with van der Waals surface area (Å²) in [6, 6.07) is 29.5. The van der Waals surface area contributed by atoms with Crippen LogP contribution in [-0.4, -0.2) is 66.5 Å². The molecule has 1 saturated carbocycles.